The molecule has 0 saturated heterocycles. The third-order valence-corrected chi connectivity index (χ3v) is 8.57. The second-order valence-electron chi connectivity index (χ2n) is 9.64. The van der Waals surface area contributed by atoms with Crippen molar-refractivity contribution in [2.75, 3.05) is 6.54 Å². The number of carboxylic acids is 1. The van der Waals surface area contributed by atoms with E-state index < -0.39 is 33.8 Å². The zero-order valence-corrected chi connectivity index (χ0v) is 23.5. The van der Waals surface area contributed by atoms with Crippen LogP contribution >= 0.6 is 11.3 Å². The summed E-state index contributed by atoms with van der Waals surface area (Å²) in [6.45, 7) is 4.16. The van der Waals surface area contributed by atoms with Gasteiger partial charge in [-0.25, -0.2) is 23.2 Å². The van der Waals surface area contributed by atoms with E-state index >= 15 is 0 Å². The largest absolute Gasteiger partial charge is 0.487 e. The normalized spacial score (nSPS) is 13.9. The summed E-state index contributed by atoms with van der Waals surface area (Å²) in [5, 5.41) is 26.1. The molecule has 11 nitrogen and oxygen atoms in total. The van der Waals surface area contributed by atoms with Gasteiger partial charge in [-0.15, -0.1) is 16.4 Å². The molecule has 0 aliphatic carbocycles. The van der Waals surface area contributed by atoms with Crippen LogP contribution in [0.5, 0.6) is 5.75 Å². The number of rotatable bonds is 12. The van der Waals surface area contributed by atoms with Crippen LogP contribution in [-0.4, -0.2) is 52.1 Å². The predicted octanol–water partition coefficient (Wildman–Crippen LogP) is 3.62. The van der Waals surface area contributed by atoms with Crippen molar-refractivity contribution in [3.8, 4) is 5.75 Å². The van der Waals surface area contributed by atoms with Gasteiger partial charge >= 0.3 is 12.1 Å². The summed E-state index contributed by atoms with van der Waals surface area (Å²) < 4.78 is 69.4. The molecule has 0 aliphatic rings. The number of sulfonamides is 1. The number of primary sulfonamides is 1. The minimum Gasteiger partial charge on any atom is -0.487 e. The van der Waals surface area contributed by atoms with Crippen LogP contribution in [0.25, 0.3) is 10.2 Å². The van der Waals surface area contributed by atoms with Gasteiger partial charge in [-0.3, -0.25) is 4.79 Å². The minimum atomic E-state index is -4.47. The first-order valence-electron chi connectivity index (χ1n) is 12.3. The van der Waals surface area contributed by atoms with Gasteiger partial charge in [0.25, 0.3) is 10.0 Å². The van der Waals surface area contributed by atoms with E-state index in [1.165, 1.54) is 12.1 Å². The summed E-state index contributed by atoms with van der Waals surface area (Å²) in [6.07, 6.45) is -2.79. The smallest absolute Gasteiger partial charge is 0.416 e. The van der Waals surface area contributed by atoms with Crippen molar-refractivity contribution in [3.05, 3.63) is 65.5 Å². The van der Waals surface area contributed by atoms with Gasteiger partial charge in [-0.1, -0.05) is 31.2 Å². The van der Waals surface area contributed by atoms with E-state index in [1.807, 2.05) is 13.8 Å². The number of hydrogen-bond acceptors (Lipinski definition) is 9. The summed E-state index contributed by atoms with van der Waals surface area (Å²) in [7, 11) is -3.91. The molecule has 0 radical (unpaired) electrons. The number of fused-ring (bicyclic) bond motifs is 1. The topological polar surface area (TPSA) is 162 Å². The van der Waals surface area contributed by atoms with Crippen molar-refractivity contribution in [1.29, 1.82) is 0 Å². The maximum absolute atomic E-state index is 12.8. The number of aliphatic carboxylic acids is 1. The Morgan fingerprint density at radius 3 is 2.51 bits per heavy atom. The number of hydrogen-bond donors (Lipinski definition) is 3. The van der Waals surface area contributed by atoms with E-state index in [9.17, 15) is 31.5 Å². The van der Waals surface area contributed by atoms with Gasteiger partial charge < -0.3 is 15.2 Å². The lowest BCUT2D eigenvalue weighted by Gasteiger charge is -2.24. The van der Waals surface area contributed by atoms with Gasteiger partial charge in [-0.05, 0) is 48.2 Å². The Kier molecular flexibility index (Phi) is 8.96. The highest BCUT2D eigenvalue weighted by Gasteiger charge is 2.30. The maximum atomic E-state index is 12.8. The van der Waals surface area contributed by atoms with Crippen LogP contribution in [0.4, 0.5) is 13.2 Å². The Morgan fingerprint density at radius 2 is 1.90 bits per heavy atom. The fourth-order valence-electron chi connectivity index (χ4n) is 4.00. The summed E-state index contributed by atoms with van der Waals surface area (Å²) >= 11 is 0.933. The van der Waals surface area contributed by atoms with Crippen LogP contribution in [0.2, 0.25) is 0 Å². The molecule has 0 saturated carbocycles. The lowest BCUT2D eigenvalue weighted by atomic mass is 10.0. The summed E-state index contributed by atoms with van der Waals surface area (Å²) in [5.74, 6) is -0.638. The zero-order valence-electron chi connectivity index (χ0n) is 21.9. The average molecular weight is 613 g/mol. The molecule has 4 N–H and O–H groups in total. The SMILES string of the molecule is CC(C)[C@@H](CN[C@@H](Cc1ccc(C(F)(F)F)cc1)C(=O)O)n1cc(COc2ccc3nc(S(N)(=O)=O)sc3c2)nn1. The molecular formula is C25H27F3N6O5S2. The Hall–Kier alpha value is -3.60. The second kappa shape index (κ2) is 12.1. The second-order valence-corrected chi connectivity index (χ2v) is 12.4. The molecule has 4 rings (SSSR count). The third-order valence-electron chi connectivity index (χ3n) is 6.23. The monoisotopic (exact) mass is 612 g/mol. The van der Waals surface area contributed by atoms with Crippen molar-refractivity contribution in [3.63, 3.8) is 0 Å². The van der Waals surface area contributed by atoms with E-state index in [4.69, 9.17) is 9.88 Å². The number of nitrogens with zero attached hydrogens (tertiary/aromatic N) is 4. The summed E-state index contributed by atoms with van der Waals surface area (Å²) in [5.41, 5.74) is 0.635. The number of thiazole rings is 1. The summed E-state index contributed by atoms with van der Waals surface area (Å²) in [4.78, 5) is 15.9. The van der Waals surface area contributed by atoms with Gasteiger partial charge in [0.05, 0.1) is 28.0 Å². The van der Waals surface area contributed by atoms with Gasteiger partial charge in [-0.2, -0.15) is 13.2 Å². The van der Waals surface area contributed by atoms with Gasteiger partial charge in [0.15, 0.2) is 0 Å². The Labute approximate surface area is 237 Å². The molecule has 16 heteroatoms. The molecule has 0 amide bonds. The van der Waals surface area contributed by atoms with Crippen LogP contribution in [0.15, 0.2) is 53.0 Å². The fraction of sp³-hybridized carbons (Fsp3) is 0.360. The number of carbonyl (C=O) groups is 1. The number of aromatic nitrogens is 4. The molecule has 220 valence electrons. The van der Waals surface area contributed by atoms with Gasteiger partial charge in [0.1, 0.15) is 24.1 Å². The van der Waals surface area contributed by atoms with Crippen LogP contribution in [0, 0.1) is 5.92 Å². The van der Waals surface area contributed by atoms with Crippen LogP contribution in [0.1, 0.15) is 36.7 Å². The Bertz CT molecular complexity index is 1620. The molecule has 2 heterocycles. The van der Waals surface area contributed by atoms with Crippen molar-refractivity contribution < 1.29 is 36.2 Å². The predicted molar refractivity (Wildman–Crippen MR) is 144 cm³/mol. The van der Waals surface area contributed by atoms with Crippen molar-refractivity contribution in [2.45, 2.75) is 49.5 Å². The molecule has 2 aromatic carbocycles. The molecule has 2 atom stereocenters. The highest BCUT2D eigenvalue weighted by molar-refractivity contribution is 7.91. The van der Waals surface area contributed by atoms with E-state index in [0.717, 1.165) is 23.5 Å². The molecule has 0 spiro atoms. The van der Waals surface area contributed by atoms with E-state index in [-0.39, 0.29) is 35.9 Å². The molecule has 4 aromatic rings. The number of benzene rings is 2. The number of nitrogens with two attached hydrogens (primary N) is 1. The molecule has 0 bridgehead atoms. The van der Waals surface area contributed by atoms with E-state index in [2.05, 4.69) is 20.6 Å². The molecule has 41 heavy (non-hydrogen) atoms. The quantitative estimate of drug-likeness (QED) is 0.217. The first kappa shape index (κ1) is 30.4. The number of alkyl halides is 3. The van der Waals surface area contributed by atoms with Crippen LogP contribution < -0.4 is 15.2 Å². The lowest BCUT2D eigenvalue weighted by Crippen LogP contribution is -2.42. The van der Waals surface area contributed by atoms with Gasteiger partial charge in [0.2, 0.25) is 4.34 Å². The number of carboxylic acid groups (broad SMARTS) is 1. The van der Waals surface area contributed by atoms with Crippen molar-refractivity contribution in [1.82, 2.24) is 25.3 Å². The number of halogens is 3. The van der Waals surface area contributed by atoms with Crippen LogP contribution in [-0.2, 0) is 34.0 Å². The highest BCUT2D eigenvalue weighted by Crippen LogP contribution is 2.30. The van der Waals surface area contributed by atoms with E-state index in [0.29, 0.717) is 27.2 Å². The summed E-state index contributed by atoms with van der Waals surface area (Å²) in [6, 6.07) is 8.01. The Morgan fingerprint density at radius 1 is 1.20 bits per heavy atom. The first-order valence-corrected chi connectivity index (χ1v) is 14.7. The first-order chi connectivity index (χ1) is 19.2. The fourth-order valence-corrected chi connectivity index (χ4v) is 5.69. The van der Waals surface area contributed by atoms with Crippen molar-refractivity contribution >= 4 is 37.5 Å². The molecule has 0 unspecified atom stereocenters. The highest BCUT2D eigenvalue weighted by atomic mass is 32.2. The van der Waals surface area contributed by atoms with Crippen LogP contribution in [0.3, 0.4) is 0 Å². The Balaban J connectivity index is 1.38. The molecule has 0 aliphatic heterocycles. The zero-order chi connectivity index (χ0) is 29.9. The van der Waals surface area contributed by atoms with Crippen molar-refractivity contribution in [2.24, 2.45) is 11.1 Å². The number of nitrogens with one attached hydrogen (secondary N) is 1. The molecule has 2 aromatic heterocycles. The maximum Gasteiger partial charge on any atom is 0.416 e. The minimum absolute atomic E-state index is 0.00244. The van der Waals surface area contributed by atoms with E-state index in [1.54, 1.807) is 29.1 Å². The molecular weight excluding hydrogens is 585 g/mol. The van der Waals surface area contributed by atoms with Gasteiger partial charge in [0, 0.05) is 6.54 Å². The third kappa shape index (κ3) is 7.78. The average Bonchev–Trinajstić information content (AvgIpc) is 3.53. The lowest BCUT2D eigenvalue weighted by molar-refractivity contribution is -0.140. The molecule has 0 fully saturated rings. The number of ether oxygens (including phenoxy) is 1. The standard InChI is InChI=1S/C25H27F3N6O5S2/c1-14(2)21(11-30-20(23(35)36)9-15-3-5-16(6-4-15)25(26,27)28)34-12-17(32-33-34)13-39-18-7-8-19-22(10-18)40-24(31-19)41(29,37)38/h3-8,10,12,14,20-21,30H,9,11,13H2,1-2H3,(H,35,36)(H2,29,37,38)/t20-,21+/m0/s1.